The highest BCUT2D eigenvalue weighted by atomic mass is 16.6. The Labute approximate surface area is 122 Å². The predicted octanol–water partition coefficient (Wildman–Crippen LogP) is 3.17. The molecule has 0 spiro atoms. The number of hydrogen-bond acceptors (Lipinski definition) is 6. The molecule has 0 fully saturated rings. The first kappa shape index (κ1) is 15.1. The van der Waals surface area contributed by atoms with Crippen LogP contribution in [-0.2, 0) is 9.57 Å². The molecule has 0 saturated carbocycles. The van der Waals surface area contributed by atoms with E-state index in [0.717, 1.165) is 5.69 Å². The molecule has 0 unspecified atom stereocenters. The van der Waals surface area contributed by atoms with E-state index in [-0.39, 0.29) is 0 Å². The van der Waals surface area contributed by atoms with E-state index < -0.39 is 11.7 Å². The third-order valence-electron chi connectivity index (χ3n) is 2.66. The number of ether oxygens (including phenoxy) is 1. The first-order valence-corrected chi connectivity index (χ1v) is 6.47. The van der Waals surface area contributed by atoms with Gasteiger partial charge in [-0.25, -0.2) is 4.79 Å². The van der Waals surface area contributed by atoms with Crippen molar-refractivity contribution < 1.29 is 18.9 Å². The van der Waals surface area contributed by atoms with E-state index >= 15 is 0 Å². The molecule has 1 heterocycles. The minimum atomic E-state index is -0.569. The third-order valence-corrected chi connectivity index (χ3v) is 2.66. The number of benzene rings is 1. The fourth-order valence-electron chi connectivity index (χ4n) is 1.76. The molecule has 1 amide bonds. The van der Waals surface area contributed by atoms with Gasteiger partial charge in [-0.2, -0.15) is 0 Å². The molecule has 1 N–H and O–H groups in total. The minimum absolute atomic E-state index is 0.406. The normalized spacial score (nSPS) is 11.5. The number of nitrogens with zero attached hydrogens (tertiary/aromatic N) is 2. The average Bonchev–Trinajstić information content (AvgIpc) is 2.79. The molecule has 0 radical (unpaired) electrons. The molecule has 2 aromatic rings. The Morgan fingerprint density at radius 3 is 2.71 bits per heavy atom. The van der Waals surface area contributed by atoms with Crippen LogP contribution in [0.5, 0.6) is 0 Å². The van der Waals surface area contributed by atoms with Gasteiger partial charge >= 0.3 is 6.09 Å². The van der Waals surface area contributed by atoms with Crippen LogP contribution in [0.2, 0.25) is 0 Å². The van der Waals surface area contributed by atoms with Gasteiger partial charge in [0.1, 0.15) is 5.60 Å². The number of nitrogens with one attached hydrogen (secondary N) is 1. The number of aromatic nitrogens is 1. The van der Waals surface area contributed by atoms with Crippen molar-refractivity contribution in [2.75, 3.05) is 24.5 Å². The summed E-state index contributed by atoms with van der Waals surface area (Å²) >= 11 is 0. The quantitative estimate of drug-likeness (QED) is 0.876. The number of carbonyl (C=O) groups excluding carboxylic acids is 1. The van der Waals surface area contributed by atoms with Crippen molar-refractivity contribution in [1.29, 1.82) is 0 Å². The number of fused-ring (bicyclic) bond motifs is 1. The standard InChI is InChI=1S/C14H19N3O4/c1-14(2,3)20-13(18)17(4)12-10-7-6-9(15-19-5)8-11(10)21-16-12/h6-8,15H,1-5H3. The maximum absolute atomic E-state index is 12.1. The molecule has 7 nitrogen and oxygen atoms in total. The van der Waals surface area contributed by atoms with Crippen LogP contribution in [0.25, 0.3) is 11.0 Å². The number of anilines is 2. The zero-order valence-corrected chi connectivity index (χ0v) is 12.8. The Hall–Kier alpha value is -2.28. The number of carbonyl (C=O) groups is 1. The second-order valence-electron chi connectivity index (χ2n) is 5.56. The summed E-state index contributed by atoms with van der Waals surface area (Å²) in [6.45, 7) is 5.42. The zero-order chi connectivity index (χ0) is 15.6. The Morgan fingerprint density at radius 1 is 1.38 bits per heavy atom. The topological polar surface area (TPSA) is 76.8 Å². The molecule has 0 saturated heterocycles. The summed E-state index contributed by atoms with van der Waals surface area (Å²) in [6.07, 6.45) is -0.489. The van der Waals surface area contributed by atoms with Crippen molar-refractivity contribution in [2.24, 2.45) is 0 Å². The van der Waals surface area contributed by atoms with Crippen LogP contribution >= 0.6 is 0 Å². The van der Waals surface area contributed by atoms with E-state index in [1.807, 2.05) is 20.8 Å². The van der Waals surface area contributed by atoms with E-state index in [2.05, 4.69) is 10.6 Å². The van der Waals surface area contributed by atoms with Crippen molar-refractivity contribution in [1.82, 2.24) is 5.16 Å². The van der Waals surface area contributed by atoms with Gasteiger partial charge in [-0.1, -0.05) is 5.16 Å². The summed E-state index contributed by atoms with van der Waals surface area (Å²) in [4.78, 5) is 18.2. The highest BCUT2D eigenvalue weighted by Gasteiger charge is 2.24. The van der Waals surface area contributed by atoms with Crippen LogP contribution in [0.3, 0.4) is 0 Å². The highest BCUT2D eigenvalue weighted by Crippen LogP contribution is 2.28. The fourth-order valence-corrected chi connectivity index (χ4v) is 1.76. The molecular formula is C14H19N3O4. The lowest BCUT2D eigenvalue weighted by atomic mass is 10.2. The summed E-state index contributed by atoms with van der Waals surface area (Å²) in [6, 6.07) is 5.33. The number of rotatable bonds is 3. The lowest BCUT2D eigenvalue weighted by Gasteiger charge is -2.23. The summed E-state index contributed by atoms with van der Waals surface area (Å²) in [7, 11) is 3.11. The lowest BCUT2D eigenvalue weighted by Crippen LogP contribution is -2.34. The lowest BCUT2D eigenvalue weighted by molar-refractivity contribution is 0.0587. The molecule has 0 aliphatic heterocycles. The summed E-state index contributed by atoms with van der Waals surface area (Å²) in [5, 5.41) is 4.64. The monoisotopic (exact) mass is 293 g/mol. The van der Waals surface area contributed by atoms with E-state index in [4.69, 9.17) is 14.1 Å². The molecule has 7 heteroatoms. The van der Waals surface area contributed by atoms with Crippen LogP contribution in [0.1, 0.15) is 20.8 Å². The van der Waals surface area contributed by atoms with Crippen molar-refractivity contribution in [3.63, 3.8) is 0 Å². The largest absolute Gasteiger partial charge is 0.443 e. The van der Waals surface area contributed by atoms with Crippen LogP contribution in [0, 0.1) is 0 Å². The van der Waals surface area contributed by atoms with Crippen LogP contribution in [-0.4, -0.2) is 31.0 Å². The van der Waals surface area contributed by atoms with Crippen LogP contribution in [0.15, 0.2) is 22.7 Å². The second kappa shape index (κ2) is 5.61. The second-order valence-corrected chi connectivity index (χ2v) is 5.56. The van der Waals surface area contributed by atoms with Gasteiger partial charge in [-0.3, -0.25) is 15.2 Å². The highest BCUT2D eigenvalue weighted by molar-refractivity contribution is 5.98. The van der Waals surface area contributed by atoms with Crippen molar-refractivity contribution in [3.8, 4) is 0 Å². The van der Waals surface area contributed by atoms with E-state index in [1.165, 1.54) is 12.0 Å². The van der Waals surface area contributed by atoms with Gasteiger partial charge in [-0.15, -0.1) is 0 Å². The summed E-state index contributed by atoms with van der Waals surface area (Å²) in [5.41, 5.74) is 3.40. The molecule has 114 valence electrons. The SMILES string of the molecule is CONc1ccc2c(N(C)C(=O)OC(C)(C)C)noc2c1. The smallest absolute Gasteiger partial charge is 0.415 e. The molecule has 21 heavy (non-hydrogen) atoms. The van der Waals surface area contributed by atoms with Gasteiger partial charge in [0.15, 0.2) is 11.4 Å². The van der Waals surface area contributed by atoms with Gasteiger partial charge in [0.25, 0.3) is 0 Å². The van der Waals surface area contributed by atoms with E-state index in [9.17, 15) is 4.79 Å². The summed E-state index contributed by atoms with van der Waals surface area (Å²) < 4.78 is 10.5. The molecule has 0 aliphatic carbocycles. The number of hydrogen-bond donors (Lipinski definition) is 1. The molecule has 0 atom stereocenters. The van der Waals surface area contributed by atoms with E-state index in [1.54, 1.807) is 25.2 Å². The van der Waals surface area contributed by atoms with Crippen LogP contribution < -0.4 is 10.4 Å². The number of amides is 1. The van der Waals surface area contributed by atoms with Gasteiger partial charge in [-0.05, 0) is 32.9 Å². The maximum Gasteiger partial charge on any atom is 0.415 e. The van der Waals surface area contributed by atoms with Crippen molar-refractivity contribution in [3.05, 3.63) is 18.2 Å². The summed E-state index contributed by atoms with van der Waals surface area (Å²) in [5.74, 6) is 0.406. The molecule has 2 rings (SSSR count). The molecule has 1 aromatic heterocycles. The van der Waals surface area contributed by atoms with Gasteiger partial charge in [0.2, 0.25) is 0 Å². The van der Waals surface area contributed by atoms with Crippen molar-refractivity contribution >= 4 is 28.6 Å². The fraction of sp³-hybridized carbons (Fsp3) is 0.429. The van der Waals surface area contributed by atoms with Gasteiger partial charge in [0.05, 0.1) is 18.2 Å². The van der Waals surface area contributed by atoms with Crippen LogP contribution in [0.4, 0.5) is 16.3 Å². The predicted molar refractivity (Wildman–Crippen MR) is 79.3 cm³/mol. The molecule has 1 aromatic carbocycles. The molecular weight excluding hydrogens is 274 g/mol. The third kappa shape index (κ3) is 3.43. The van der Waals surface area contributed by atoms with Gasteiger partial charge < -0.3 is 9.26 Å². The molecule has 0 aliphatic rings. The Bertz CT molecular complexity index is 645. The Kier molecular flexibility index (Phi) is 4.04. The average molecular weight is 293 g/mol. The maximum atomic E-state index is 12.1. The first-order chi connectivity index (χ1) is 9.81. The van der Waals surface area contributed by atoms with E-state index in [0.29, 0.717) is 16.8 Å². The minimum Gasteiger partial charge on any atom is -0.443 e. The Balaban J connectivity index is 2.28. The molecule has 0 bridgehead atoms. The Morgan fingerprint density at radius 2 is 2.10 bits per heavy atom. The van der Waals surface area contributed by atoms with Gasteiger partial charge in [0, 0.05) is 13.1 Å². The first-order valence-electron chi connectivity index (χ1n) is 6.47. The zero-order valence-electron chi connectivity index (χ0n) is 12.8. The van der Waals surface area contributed by atoms with Crippen molar-refractivity contribution in [2.45, 2.75) is 26.4 Å².